The van der Waals surface area contributed by atoms with Crippen molar-refractivity contribution < 1.29 is 28.6 Å². The summed E-state index contributed by atoms with van der Waals surface area (Å²) in [5, 5.41) is 9.32. The van der Waals surface area contributed by atoms with Crippen molar-refractivity contribution in [3.8, 4) is 6.07 Å². The fourth-order valence-corrected chi connectivity index (χ4v) is 3.13. The van der Waals surface area contributed by atoms with E-state index >= 15 is 0 Å². The lowest BCUT2D eigenvalue weighted by atomic mass is 9.79. The molecule has 0 bridgehead atoms. The number of carbonyl (C=O) groups excluding carboxylic acids is 3. The van der Waals surface area contributed by atoms with Gasteiger partial charge in [-0.25, -0.2) is 4.79 Å². The van der Waals surface area contributed by atoms with Crippen molar-refractivity contribution in [2.75, 3.05) is 13.2 Å². The summed E-state index contributed by atoms with van der Waals surface area (Å²) < 4.78 is 15.2. The molecule has 1 aliphatic heterocycles. The van der Waals surface area contributed by atoms with E-state index in [-0.39, 0.29) is 12.5 Å². The Balaban J connectivity index is 1.82. The molecule has 3 atom stereocenters. The fourth-order valence-electron chi connectivity index (χ4n) is 3.13. The summed E-state index contributed by atoms with van der Waals surface area (Å²) in [4.78, 5) is 35.5. The highest BCUT2D eigenvalue weighted by molar-refractivity contribution is 5.83. The average molecular weight is 337 g/mol. The summed E-state index contributed by atoms with van der Waals surface area (Å²) in [5.74, 6) is -1.93. The van der Waals surface area contributed by atoms with Gasteiger partial charge in [0.15, 0.2) is 12.0 Å². The molecule has 0 radical (unpaired) electrons. The zero-order chi connectivity index (χ0) is 18.0. The van der Waals surface area contributed by atoms with E-state index in [0.717, 1.165) is 6.42 Å². The van der Waals surface area contributed by atoms with E-state index in [9.17, 15) is 19.6 Å². The lowest BCUT2D eigenvalue weighted by Gasteiger charge is -2.20. The van der Waals surface area contributed by atoms with Crippen LogP contribution in [-0.2, 0) is 28.6 Å². The van der Waals surface area contributed by atoms with Crippen LogP contribution >= 0.6 is 0 Å². The van der Waals surface area contributed by atoms with Crippen LogP contribution in [0.25, 0.3) is 0 Å². The molecule has 1 heterocycles. The molecule has 0 spiro atoms. The molecule has 0 aromatic carbocycles. The van der Waals surface area contributed by atoms with Gasteiger partial charge in [-0.1, -0.05) is 13.3 Å². The average Bonchev–Trinajstić information content (AvgIpc) is 3.10. The summed E-state index contributed by atoms with van der Waals surface area (Å²) in [6, 6.07) is 2.09. The third-order valence-electron chi connectivity index (χ3n) is 5.16. The standard InChI is InChI=1S/C17H23NO6/c1-4-16(2,3)14(20)23-9-13(19)22-8-12-11-6-5-7-17(11,10-18)15(21)24-12/h11-12H,4-9H2,1-3H3. The van der Waals surface area contributed by atoms with Crippen molar-refractivity contribution in [3.63, 3.8) is 0 Å². The SMILES string of the molecule is CCC(C)(C)C(=O)OCC(=O)OCC1OC(=O)C2(C#N)CCCC12. The topological polar surface area (TPSA) is 103 Å². The predicted molar refractivity (Wildman–Crippen MR) is 81.3 cm³/mol. The molecule has 2 rings (SSSR count). The second kappa shape index (κ2) is 6.80. The molecular weight excluding hydrogens is 314 g/mol. The summed E-state index contributed by atoms with van der Waals surface area (Å²) in [5.41, 5.74) is -1.74. The Morgan fingerprint density at radius 3 is 2.75 bits per heavy atom. The molecule has 24 heavy (non-hydrogen) atoms. The van der Waals surface area contributed by atoms with Gasteiger partial charge in [0.2, 0.25) is 0 Å². The van der Waals surface area contributed by atoms with Crippen molar-refractivity contribution in [2.24, 2.45) is 16.7 Å². The van der Waals surface area contributed by atoms with Gasteiger partial charge in [0.1, 0.15) is 12.7 Å². The second-order valence-electron chi connectivity index (χ2n) is 7.02. The van der Waals surface area contributed by atoms with Gasteiger partial charge in [0.05, 0.1) is 11.5 Å². The number of nitriles is 1. The maximum Gasteiger partial charge on any atom is 0.344 e. The maximum atomic E-state index is 12.0. The molecule has 0 amide bonds. The number of carbonyl (C=O) groups is 3. The molecule has 0 N–H and O–H groups in total. The van der Waals surface area contributed by atoms with Gasteiger partial charge < -0.3 is 14.2 Å². The molecule has 132 valence electrons. The van der Waals surface area contributed by atoms with Crippen molar-refractivity contribution >= 4 is 17.9 Å². The van der Waals surface area contributed by atoms with Crippen molar-refractivity contribution in [1.82, 2.24) is 0 Å². The minimum Gasteiger partial charge on any atom is -0.459 e. The first-order chi connectivity index (χ1) is 11.3. The normalized spacial score (nSPS) is 28.7. The highest BCUT2D eigenvalue weighted by Crippen LogP contribution is 2.51. The summed E-state index contributed by atoms with van der Waals surface area (Å²) >= 11 is 0. The van der Waals surface area contributed by atoms with Gasteiger partial charge in [0, 0.05) is 5.92 Å². The fraction of sp³-hybridized carbons (Fsp3) is 0.765. The van der Waals surface area contributed by atoms with Gasteiger partial charge in [-0.05, 0) is 33.1 Å². The number of fused-ring (bicyclic) bond motifs is 1. The maximum absolute atomic E-state index is 12.0. The van der Waals surface area contributed by atoms with Gasteiger partial charge in [-0.3, -0.25) is 9.59 Å². The summed E-state index contributed by atoms with van der Waals surface area (Å²) in [6.07, 6.45) is 1.95. The van der Waals surface area contributed by atoms with Crippen LogP contribution in [0.15, 0.2) is 0 Å². The number of rotatable bonds is 6. The van der Waals surface area contributed by atoms with E-state index in [1.54, 1.807) is 13.8 Å². The number of esters is 3. The largest absolute Gasteiger partial charge is 0.459 e. The molecule has 0 aromatic heterocycles. The number of nitrogens with zero attached hydrogens (tertiary/aromatic N) is 1. The Kier molecular flexibility index (Phi) is 5.16. The molecule has 7 nitrogen and oxygen atoms in total. The number of hydrogen-bond donors (Lipinski definition) is 0. The Labute approximate surface area is 141 Å². The Morgan fingerprint density at radius 2 is 2.12 bits per heavy atom. The van der Waals surface area contributed by atoms with Crippen LogP contribution in [0.4, 0.5) is 0 Å². The van der Waals surface area contributed by atoms with Gasteiger partial charge >= 0.3 is 17.9 Å². The highest BCUT2D eigenvalue weighted by Gasteiger charge is 2.60. The molecule has 1 saturated carbocycles. The number of cyclic esters (lactones) is 1. The monoisotopic (exact) mass is 337 g/mol. The van der Waals surface area contributed by atoms with Crippen LogP contribution in [0.3, 0.4) is 0 Å². The number of hydrogen-bond acceptors (Lipinski definition) is 7. The molecule has 1 saturated heterocycles. The lowest BCUT2D eigenvalue weighted by Crippen LogP contribution is -2.31. The predicted octanol–water partition coefficient (Wildman–Crippen LogP) is 1.74. The number of ether oxygens (including phenoxy) is 3. The molecule has 3 unspecified atom stereocenters. The minimum atomic E-state index is -1.09. The van der Waals surface area contributed by atoms with E-state index in [0.29, 0.717) is 19.3 Å². The zero-order valence-corrected chi connectivity index (χ0v) is 14.3. The molecular formula is C17H23NO6. The van der Waals surface area contributed by atoms with E-state index in [2.05, 4.69) is 6.07 Å². The Morgan fingerprint density at radius 1 is 1.42 bits per heavy atom. The van der Waals surface area contributed by atoms with Gasteiger partial charge in [-0.2, -0.15) is 5.26 Å². The van der Waals surface area contributed by atoms with Gasteiger partial charge in [0.25, 0.3) is 0 Å². The van der Waals surface area contributed by atoms with E-state index < -0.39 is 41.4 Å². The first-order valence-corrected chi connectivity index (χ1v) is 8.22. The molecule has 2 aliphatic rings. The summed E-state index contributed by atoms with van der Waals surface area (Å²) in [6.45, 7) is 4.74. The first-order valence-electron chi connectivity index (χ1n) is 8.22. The van der Waals surface area contributed by atoms with Gasteiger partial charge in [-0.15, -0.1) is 0 Å². The van der Waals surface area contributed by atoms with Crippen LogP contribution in [0.1, 0.15) is 46.5 Å². The third-order valence-corrected chi connectivity index (χ3v) is 5.16. The zero-order valence-electron chi connectivity index (χ0n) is 14.3. The van der Waals surface area contributed by atoms with Crippen molar-refractivity contribution in [2.45, 2.75) is 52.6 Å². The quantitative estimate of drug-likeness (QED) is 0.537. The summed E-state index contributed by atoms with van der Waals surface area (Å²) in [7, 11) is 0. The molecule has 1 aliphatic carbocycles. The van der Waals surface area contributed by atoms with Crippen LogP contribution in [0, 0.1) is 28.1 Å². The first kappa shape index (κ1) is 18.2. The highest BCUT2D eigenvalue weighted by atomic mass is 16.6. The second-order valence-corrected chi connectivity index (χ2v) is 7.02. The molecule has 7 heteroatoms. The van der Waals surface area contributed by atoms with E-state index in [1.165, 1.54) is 0 Å². The van der Waals surface area contributed by atoms with Crippen LogP contribution in [0.2, 0.25) is 0 Å². The lowest BCUT2D eigenvalue weighted by molar-refractivity contribution is -0.167. The Bertz CT molecular complexity index is 578. The minimum absolute atomic E-state index is 0.118. The van der Waals surface area contributed by atoms with E-state index in [4.69, 9.17) is 14.2 Å². The third kappa shape index (κ3) is 3.23. The van der Waals surface area contributed by atoms with Crippen LogP contribution in [0.5, 0.6) is 0 Å². The Hall–Kier alpha value is -2.10. The van der Waals surface area contributed by atoms with E-state index in [1.807, 2.05) is 6.92 Å². The smallest absolute Gasteiger partial charge is 0.344 e. The van der Waals surface area contributed by atoms with Crippen LogP contribution < -0.4 is 0 Å². The molecule has 2 fully saturated rings. The van der Waals surface area contributed by atoms with Crippen molar-refractivity contribution in [1.29, 1.82) is 5.26 Å². The molecule has 0 aromatic rings. The van der Waals surface area contributed by atoms with Crippen molar-refractivity contribution in [3.05, 3.63) is 0 Å². The van der Waals surface area contributed by atoms with Crippen LogP contribution in [-0.4, -0.2) is 37.2 Å².